The maximum atomic E-state index is 11.1. The number of aliphatic hydroxyl groups excluding tert-OH is 1. The summed E-state index contributed by atoms with van der Waals surface area (Å²) in [7, 11) is 0. The van der Waals surface area contributed by atoms with Gasteiger partial charge in [-0.25, -0.2) is 0 Å². The Morgan fingerprint density at radius 1 is 1.03 bits per heavy atom. The summed E-state index contributed by atoms with van der Waals surface area (Å²) in [6, 6.07) is 11.4. The van der Waals surface area contributed by atoms with Crippen molar-refractivity contribution >= 4 is 40.8 Å². The zero-order valence-electron chi connectivity index (χ0n) is 18.7. The summed E-state index contributed by atoms with van der Waals surface area (Å²) in [6.07, 6.45) is -0.599. The lowest BCUT2D eigenvalue weighted by atomic mass is 9.78. The number of rotatable bonds is 11. The van der Waals surface area contributed by atoms with E-state index in [1.165, 1.54) is 6.92 Å². The predicted molar refractivity (Wildman–Crippen MR) is 129 cm³/mol. The van der Waals surface area contributed by atoms with Crippen LogP contribution in [-0.4, -0.2) is 42.9 Å². The number of benzene rings is 2. The maximum Gasteiger partial charge on any atom is 0.303 e. The molecule has 1 N–H and O–H groups in total. The lowest BCUT2D eigenvalue weighted by molar-refractivity contribution is -0.146. The smallest absolute Gasteiger partial charge is 0.303 e. The zero-order valence-corrected chi connectivity index (χ0v) is 20.9. The highest BCUT2D eigenvalue weighted by atomic mass is 35.5. The normalized spacial score (nSPS) is 13.4. The van der Waals surface area contributed by atoms with Gasteiger partial charge in [0.15, 0.2) is 5.75 Å². The van der Waals surface area contributed by atoms with Gasteiger partial charge in [-0.05, 0) is 35.4 Å². The SMILES string of the molecule is CC(=O)O[C@@H](CCl)COc1c(Cl)cc(C(C)(C)c2ccc(OC[C@@H](C)CO)cc2)cc1Cl. The highest BCUT2D eigenvalue weighted by molar-refractivity contribution is 6.37. The van der Waals surface area contributed by atoms with Gasteiger partial charge in [-0.2, -0.15) is 0 Å². The van der Waals surface area contributed by atoms with Crippen LogP contribution in [-0.2, 0) is 14.9 Å². The van der Waals surface area contributed by atoms with Crippen molar-refractivity contribution in [2.45, 2.75) is 39.2 Å². The maximum absolute atomic E-state index is 11.1. The minimum Gasteiger partial charge on any atom is -0.493 e. The van der Waals surface area contributed by atoms with Crippen LogP contribution in [0.15, 0.2) is 36.4 Å². The van der Waals surface area contributed by atoms with Crippen LogP contribution in [0, 0.1) is 5.92 Å². The first-order valence-electron chi connectivity index (χ1n) is 10.3. The molecule has 2 aromatic rings. The van der Waals surface area contributed by atoms with Crippen molar-refractivity contribution in [3.05, 3.63) is 57.6 Å². The van der Waals surface area contributed by atoms with E-state index in [1.807, 2.05) is 43.3 Å². The molecule has 0 radical (unpaired) electrons. The molecule has 32 heavy (non-hydrogen) atoms. The van der Waals surface area contributed by atoms with Crippen LogP contribution in [0.5, 0.6) is 11.5 Å². The van der Waals surface area contributed by atoms with Crippen LogP contribution in [0.25, 0.3) is 0 Å². The number of ether oxygens (including phenoxy) is 3. The van der Waals surface area contributed by atoms with Crippen LogP contribution >= 0.6 is 34.8 Å². The molecule has 5 nitrogen and oxygen atoms in total. The molecule has 8 heteroatoms. The monoisotopic (exact) mass is 502 g/mol. The summed E-state index contributed by atoms with van der Waals surface area (Å²) in [5.41, 5.74) is 1.58. The zero-order chi connectivity index (χ0) is 23.9. The van der Waals surface area contributed by atoms with E-state index < -0.39 is 12.1 Å². The number of hydrogen-bond acceptors (Lipinski definition) is 5. The first-order chi connectivity index (χ1) is 15.1. The van der Waals surface area contributed by atoms with E-state index in [-0.39, 0.29) is 30.4 Å². The average Bonchev–Trinajstić information content (AvgIpc) is 2.75. The fourth-order valence-electron chi connectivity index (χ4n) is 3.01. The lowest BCUT2D eigenvalue weighted by Gasteiger charge is -2.27. The molecule has 0 spiro atoms. The van der Waals surface area contributed by atoms with Crippen LogP contribution in [0.4, 0.5) is 0 Å². The molecule has 0 unspecified atom stereocenters. The summed E-state index contributed by atoms with van der Waals surface area (Å²) >= 11 is 18.8. The number of esters is 1. The number of alkyl halides is 1. The van der Waals surface area contributed by atoms with E-state index in [9.17, 15) is 4.79 Å². The van der Waals surface area contributed by atoms with E-state index in [1.54, 1.807) is 0 Å². The van der Waals surface area contributed by atoms with Gasteiger partial charge in [-0.15, -0.1) is 11.6 Å². The van der Waals surface area contributed by atoms with Gasteiger partial charge < -0.3 is 19.3 Å². The molecular formula is C24H29Cl3O5. The third-order valence-corrected chi connectivity index (χ3v) is 5.97. The standard InChI is InChI=1S/C24H29Cl3O5/c1-15(12-28)13-30-19-7-5-17(6-8-19)24(3,4)18-9-21(26)23(22(27)10-18)31-14-20(11-25)32-16(2)29/h5-10,15,20,28H,11-14H2,1-4H3/t15-,20-/m0/s1. The van der Waals surface area contributed by atoms with Gasteiger partial charge in [0.25, 0.3) is 0 Å². The third kappa shape index (κ3) is 7.17. The van der Waals surface area contributed by atoms with Crippen molar-refractivity contribution < 1.29 is 24.1 Å². The van der Waals surface area contributed by atoms with Crippen LogP contribution in [0.3, 0.4) is 0 Å². The van der Waals surface area contributed by atoms with Crippen LogP contribution < -0.4 is 9.47 Å². The molecule has 0 heterocycles. The molecule has 176 valence electrons. The highest BCUT2D eigenvalue weighted by Gasteiger charge is 2.26. The molecule has 0 saturated carbocycles. The fraction of sp³-hybridized carbons (Fsp3) is 0.458. The van der Waals surface area contributed by atoms with Crippen LogP contribution in [0.2, 0.25) is 10.0 Å². The van der Waals surface area contributed by atoms with Crippen molar-refractivity contribution in [2.75, 3.05) is 25.7 Å². The summed E-state index contributed by atoms with van der Waals surface area (Å²) in [6.45, 7) is 7.96. The second-order valence-electron chi connectivity index (χ2n) is 8.21. The molecule has 0 amide bonds. The Morgan fingerprint density at radius 2 is 1.62 bits per heavy atom. The van der Waals surface area contributed by atoms with Gasteiger partial charge in [-0.3, -0.25) is 4.79 Å². The largest absolute Gasteiger partial charge is 0.493 e. The Labute approximate surface area is 204 Å². The van der Waals surface area contributed by atoms with Gasteiger partial charge in [-0.1, -0.05) is 56.1 Å². The van der Waals surface area contributed by atoms with Gasteiger partial charge in [0.2, 0.25) is 0 Å². The number of halogens is 3. The molecule has 0 saturated heterocycles. The summed E-state index contributed by atoms with van der Waals surface area (Å²) < 4.78 is 16.5. The molecule has 0 aromatic heterocycles. The molecule has 2 rings (SSSR count). The Hall–Kier alpha value is -1.66. The molecule has 2 atom stereocenters. The topological polar surface area (TPSA) is 65.0 Å². The lowest BCUT2D eigenvalue weighted by Crippen LogP contribution is -2.26. The van der Waals surface area contributed by atoms with Crippen molar-refractivity contribution in [1.82, 2.24) is 0 Å². The molecular weight excluding hydrogens is 475 g/mol. The second-order valence-corrected chi connectivity index (χ2v) is 9.34. The minimum absolute atomic E-state index is 0.0433. The summed E-state index contributed by atoms with van der Waals surface area (Å²) in [4.78, 5) is 11.1. The predicted octanol–water partition coefficient (Wildman–Crippen LogP) is 5.88. The van der Waals surface area contributed by atoms with Crippen molar-refractivity contribution in [3.63, 3.8) is 0 Å². The van der Waals surface area contributed by atoms with Gasteiger partial charge >= 0.3 is 5.97 Å². The first kappa shape index (κ1) is 26.6. The van der Waals surface area contributed by atoms with E-state index in [0.29, 0.717) is 22.4 Å². The Kier molecular flexibility index (Phi) is 9.96. The fourth-order valence-corrected chi connectivity index (χ4v) is 3.75. The first-order valence-corrected chi connectivity index (χ1v) is 11.6. The number of aliphatic hydroxyl groups is 1. The summed E-state index contributed by atoms with van der Waals surface area (Å²) in [5, 5.41) is 9.84. The van der Waals surface area contributed by atoms with Crippen LogP contribution in [0.1, 0.15) is 38.8 Å². The Bertz CT molecular complexity index is 876. The molecule has 0 aliphatic heterocycles. The van der Waals surface area contributed by atoms with E-state index in [2.05, 4.69) is 13.8 Å². The van der Waals surface area contributed by atoms with Gasteiger partial charge in [0.1, 0.15) is 18.5 Å². The number of carbonyl (C=O) groups excluding carboxylic acids is 1. The second kappa shape index (κ2) is 12.0. The molecule has 0 aliphatic carbocycles. The van der Waals surface area contributed by atoms with E-state index in [4.69, 9.17) is 54.1 Å². The molecule has 2 aromatic carbocycles. The highest BCUT2D eigenvalue weighted by Crippen LogP contribution is 2.40. The third-order valence-electron chi connectivity index (χ3n) is 5.06. The van der Waals surface area contributed by atoms with Crippen molar-refractivity contribution in [3.8, 4) is 11.5 Å². The minimum atomic E-state index is -0.599. The van der Waals surface area contributed by atoms with E-state index in [0.717, 1.165) is 16.9 Å². The van der Waals surface area contributed by atoms with Crippen molar-refractivity contribution in [2.24, 2.45) is 5.92 Å². The van der Waals surface area contributed by atoms with E-state index >= 15 is 0 Å². The van der Waals surface area contributed by atoms with Gasteiger partial charge in [0, 0.05) is 24.9 Å². The average molecular weight is 504 g/mol. The Balaban J connectivity index is 2.17. The number of hydrogen-bond donors (Lipinski definition) is 1. The van der Waals surface area contributed by atoms with Crippen molar-refractivity contribution in [1.29, 1.82) is 0 Å². The quantitative estimate of drug-likeness (QED) is 0.307. The molecule has 0 bridgehead atoms. The van der Waals surface area contributed by atoms with Gasteiger partial charge in [0.05, 0.1) is 22.5 Å². The Morgan fingerprint density at radius 3 is 2.12 bits per heavy atom. The number of carbonyl (C=O) groups is 1. The summed E-state index contributed by atoms with van der Waals surface area (Å²) in [5.74, 6) is 0.791. The molecule has 0 fully saturated rings. The molecule has 0 aliphatic rings.